The van der Waals surface area contributed by atoms with Crippen molar-refractivity contribution < 1.29 is 22.7 Å². The Morgan fingerprint density at radius 1 is 1.00 bits per heavy atom. The molecule has 0 saturated heterocycles. The first-order valence-electron chi connectivity index (χ1n) is 12.9. The van der Waals surface area contributed by atoms with E-state index in [1.807, 2.05) is 44.2 Å². The maximum Gasteiger partial charge on any atom is 0.296 e. The molecule has 2 heterocycles. The Bertz CT molecular complexity index is 1650. The molecule has 4 rings (SSSR count). The average molecular weight is 566 g/mol. The highest BCUT2D eigenvalue weighted by Crippen LogP contribution is 2.33. The van der Waals surface area contributed by atoms with Gasteiger partial charge in [0, 0.05) is 24.8 Å². The minimum atomic E-state index is -4.48. The Hall–Kier alpha value is -3.89. The molecule has 1 atom stereocenters. The van der Waals surface area contributed by atoms with Crippen molar-refractivity contribution in [3.63, 3.8) is 0 Å². The van der Waals surface area contributed by atoms with Gasteiger partial charge in [-0.05, 0) is 54.7 Å². The number of ether oxygens (including phenoxy) is 1. The van der Waals surface area contributed by atoms with Crippen molar-refractivity contribution in [1.29, 1.82) is 0 Å². The number of hydrogen-bond donors (Lipinski definition) is 1. The molecule has 8 nitrogen and oxygen atoms in total. The van der Waals surface area contributed by atoms with Gasteiger partial charge in [-0.3, -0.25) is 9.36 Å². The molecule has 0 aliphatic carbocycles. The summed E-state index contributed by atoms with van der Waals surface area (Å²) in [7, 11) is -2.97. The van der Waals surface area contributed by atoms with E-state index in [9.17, 15) is 22.7 Å². The number of benzene rings is 2. The zero-order chi connectivity index (χ0) is 29.0. The van der Waals surface area contributed by atoms with Gasteiger partial charge in [-0.1, -0.05) is 56.3 Å². The highest BCUT2D eigenvalue weighted by atomic mass is 32.2. The van der Waals surface area contributed by atoms with Crippen molar-refractivity contribution in [2.75, 3.05) is 13.7 Å². The van der Waals surface area contributed by atoms with E-state index in [0.29, 0.717) is 29.7 Å². The molecule has 210 valence electrons. The summed E-state index contributed by atoms with van der Waals surface area (Å²) in [5.41, 5.74) is 1.43. The van der Waals surface area contributed by atoms with Crippen molar-refractivity contribution >= 4 is 9.84 Å². The second-order valence-corrected chi connectivity index (χ2v) is 11.9. The van der Waals surface area contributed by atoms with Crippen LogP contribution >= 0.6 is 0 Å². The summed E-state index contributed by atoms with van der Waals surface area (Å²) in [6.45, 7) is 5.81. The smallest absolute Gasteiger partial charge is 0.296 e. The number of sulfone groups is 1. The number of aromatic nitrogens is 3. The van der Waals surface area contributed by atoms with Crippen LogP contribution in [0.5, 0.6) is 5.88 Å². The first-order chi connectivity index (χ1) is 19.0. The van der Waals surface area contributed by atoms with Gasteiger partial charge in [0.05, 0.1) is 17.5 Å². The lowest BCUT2D eigenvalue weighted by molar-refractivity contribution is 0.161. The van der Waals surface area contributed by atoms with Crippen molar-refractivity contribution in [2.45, 2.75) is 49.4 Å². The Morgan fingerprint density at radius 2 is 1.68 bits per heavy atom. The first-order valence-corrected chi connectivity index (χ1v) is 14.4. The lowest BCUT2D eigenvalue weighted by Gasteiger charge is -2.26. The first kappa shape index (κ1) is 29.1. The van der Waals surface area contributed by atoms with E-state index in [1.165, 1.54) is 29.9 Å². The fourth-order valence-corrected chi connectivity index (χ4v) is 5.97. The Labute approximate surface area is 233 Å². The maximum atomic E-state index is 13.8. The Morgan fingerprint density at radius 3 is 2.27 bits per heavy atom. The zero-order valence-electron chi connectivity index (χ0n) is 22.8. The maximum absolute atomic E-state index is 13.8. The average Bonchev–Trinajstić information content (AvgIpc) is 2.91. The van der Waals surface area contributed by atoms with E-state index in [1.54, 1.807) is 25.1 Å². The van der Waals surface area contributed by atoms with Crippen LogP contribution in [-0.2, 0) is 21.0 Å². The van der Waals surface area contributed by atoms with Crippen LogP contribution in [0.1, 0.15) is 43.4 Å². The number of rotatable bonds is 10. The summed E-state index contributed by atoms with van der Waals surface area (Å²) in [5.74, 6) is -0.742. The lowest BCUT2D eigenvalue weighted by atomic mass is 10.0. The summed E-state index contributed by atoms with van der Waals surface area (Å²) in [4.78, 5) is 20.2. The fourth-order valence-electron chi connectivity index (χ4n) is 4.63. The second-order valence-electron chi connectivity index (χ2n) is 9.97. The van der Waals surface area contributed by atoms with E-state index in [4.69, 9.17) is 4.74 Å². The van der Waals surface area contributed by atoms with Crippen LogP contribution in [0.3, 0.4) is 0 Å². The second kappa shape index (κ2) is 12.1. The molecular weight excluding hydrogens is 533 g/mol. The van der Waals surface area contributed by atoms with Gasteiger partial charge < -0.3 is 9.84 Å². The normalized spacial score (nSPS) is 12.6. The Kier molecular flexibility index (Phi) is 8.80. The van der Waals surface area contributed by atoms with Gasteiger partial charge in [0.2, 0.25) is 21.7 Å². The molecule has 40 heavy (non-hydrogen) atoms. The minimum Gasteiger partial charge on any atom is -0.493 e. The Balaban J connectivity index is 1.86. The number of aromatic hydroxyl groups is 1. The lowest BCUT2D eigenvalue weighted by Crippen LogP contribution is -2.29. The summed E-state index contributed by atoms with van der Waals surface area (Å²) in [6.07, 6.45) is 1.03. The molecule has 0 unspecified atom stereocenters. The summed E-state index contributed by atoms with van der Waals surface area (Å²) >= 11 is 0. The number of hydrogen-bond acceptors (Lipinski definition) is 7. The van der Waals surface area contributed by atoms with E-state index in [0.717, 1.165) is 5.56 Å². The molecule has 4 aromatic rings. The SMILES string of the molecule is COC[C@@H](c1ccccc1)n1c(CCC(C)C)nc(=O)c(S(=O)(=O)c2ccc(-c3ccc(F)nc3C)cc2)c1O. The van der Waals surface area contributed by atoms with Crippen LogP contribution in [0.4, 0.5) is 4.39 Å². The minimum absolute atomic E-state index is 0.107. The van der Waals surface area contributed by atoms with Crippen molar-refractivity contribution in [2.24, 2.45) is 5.92 Å². The predicted molar refractivity (Wildman–Crippen MR) is 150 cm³/mol. The summed E-state index contributed by atoms with van der Waals surface area (Å²) in [5, 5.41) is 11.5. The third kappa shape index (κ3) is 5.97. The largest absolute Gasteiger partial charge is 0.493 e. The van der Waals surface area contributed by atoms with Gasteiger partial charge in [-0.2, -0.15) is 9.37 Å². The quantitative estimate of drug-likeness (QED) is 0.266. The highest BCUT2D eigenvalue weighted by molar-refractivity contribution is 7.91. The van der Waals surface area contributed by atoms with E-state index >= 15 is 0 Å². The van der Waals surface area contributed by atoms with Crippen molar-refractivity contribution in [3.05, 3.63) is 100 Å². The molecule has 0 radical (unpaired) electrons. The third-order valence-corrected chi connectivity index (χ3v) is 8.48. The molecule has 0 amide bonds. The predicted octanol–water partition coefficient (Wildman–Crippen LogP) is 5.12. The number of halogens is 1. The van der Waals surface area contributed by atoms with Crippen LogP contribution in [-0.4, -0.2) is 41.8 Å². The molecule has 0 fully saturated rings. The van der Waals surface area contributed by atoms with Gasteiger partial charge >= 0.3 is 0 Å². The number of nitrogens with zero attached hydrogens (tertiary/aromatic N) is 3. The molecule has 10 heteroatoms. The van der Waals surface area contributed by atoms with Gasteiger partial charge in [0.1, 0.15) is 5.82 Å². The standard InChI is InChI=1S/C30H32FN3O5S/c1-19(2)10-17-27-33-29(35)28(30(36)34(27)25(18-39-4)22-8-6-5-7-9-22)40(37,38)23-13-11-21(12-14-23)24-15-16-26(31)32-20(24)3/h5-9,11-16,19,25,36H,10,17-18H2,1-4H3/t25-/m0/s1. The fraction of sp³-hybridized carbons (Fsp3) is 0.300. The van der Waals surface area contributed by atoms with Crippen LogP contribution in [0.2, 0.25) is 0 Å². The van der Waals surface area contributed by atoms with Crippen LogP contribution in [0, 0.1) is 18.8 Å². The molecule has 2 aromatic heterocycles. The van der Waals surface area contributed by atoms with E-state index in [2.05, 4.69) is 9.97 Å². The molecule has 0 spiro atoms. The highest BCUT2D eigenvalue weighted by Gasteiger charge is 2.32. The molecule has 0 aliphatic heterocycles. The monoisotopic (exact) mass is 565 g/mol. The summed E-state index contributed by atoms with van der Waals surface area (Å²) < 4.78 is 47.8. The topological polar surface area (TPSA) is 111 Å². The van der Waals surface area contributed by atoms with Crippen LogP contribution in [0.25, 0.3) is 11.1 Å². The van der Waals surface area contributed by atoms with Gasteiger partial charge in [0.25, 0.3) is 5.56 Å². The molecule has 1 N–H and O–H groups in total. The molecule has 0 bridgehead atoms. The number of aryl methyl sites for hydroxylation is 2. The van der Waals surface area contributed by atoms with Crippen molar-refractivity contribution in [1.82, 2.24) is 14.5 Å². The zero-order valence-corrected chi connectivity index (χ0v) is 23.7. The van der Waals surface area contributed by atoms with Gasteiger partial charge in [0.15, 0.2) is 4.90 Å². The van der Waals surface area contributed by atoms with Crippen LogP contribution < -0.4 is 5.56 Å². The molecule has 0 saturated carbocycles. The van der Waals surface area contributed by atoms with E-state index in [-0.39, 0.29) is 23.2 Å². The number of methoxy groups -OCH3 is 1. The van der Waals surface area contributed by atoms with E-state index < -0.39 is 38.2 Å². The summed E-state index contributed by atoms with van der Waals surface area (Å²) in [6, 6.07) is 17.1. The van der Waals surface area contributed by atoms with Gasteiger partial charge in [-0.25, -0.2) is 13.4 Å². The molecular formula is C30H32FN3O5S. The number of pyridine rings is 1. The molecule has 0 aliphatic rings. The van der Waals surface area contributed by atoms with Crippen LogP contribution in [0.15, 0.2) is 81.3 Å². The van der Waals surface area contributed by atoms with Gasteiger partial charge in [-0.15, -0.1) is 0 Å². The van der Waals surface area contributed by atoms with Crippen molar-refractivity contribution in [3.8, 4) is 17.0 Å². The molecule has 2 aromatic carbocycles. The third-order valence-electron chi connectivity index (χ3n) is 6.70.